The number of allylic oxidation sites excluding steroid dienone is 5. The summed E-state index contributed by atoms with van der Waals surface area (Å²) in [4.78, 5) is 30.7. The quantitative estimate of drug-likeness (QED) is 0.737. The van der Waals surface area contributed by atoms with E-state index in [9.17, 15) is 14.0 Å². The molecule has 1 atom stereocenters. The molecule has 1 aliphatic heterocycles. The first kappa shape index (κ1) is 21.0. The molecule has 2 amide bonds. The van der Waals surface area contributed by atoms with Gasteiger partial charge in [0, 0.05) is 19.3 Å². The predicted molar refractivity (Wildman–Crippen MR) is 110 cm³/mol. The fourth-order valence-electron chi connectivity index (χ4n) is 2.83. The van der Waals surface area contributed by atoms with Crippen LogP contribution in [0.3, 0.4) is 0 Å². The van der Waals surface area contributed by atoms with Crippen molar-refractivity contribution in [2.75, 3.05) is 18.6 Å². The zero-order valence-corrected chi connectivity index (χ0v) is 16.7. The number of hydrogen-bond acceptors (Lipinski definition) is 5. The molecule has 2 aromatic rings. The Balaban J connectivity index is 1.69. The second kappa shape index (κ2) is 9.17. The van der Waals surface area contributed by atoms with E-state index in [2.05, 4.69) is 22.0 Å². The van der Waals surface area contributed by atoms with Crippen molar-refractivity contribution in [3.05, 3.63) is 72.5 Å². The minimum absolute atomic E-state index is 0.0800. The van der Waals surface area contributed by atoms with Crippen LogP contribution in [-0.4, -0.2) is 46.3 Å². The Morgan fingerprint density at radius 2 is 2.27 bits per heavy atom. The maximum absolute atomic E-state index is 14.2. The Kier molecular flexibility index (Phi) is 6.41. The number of nitrogens with zero attached hydrogens (tertiary/aromatic N) is 4. The number of fused-ring (bicyclic) bond motifs is 1. The maximum atomic E-state index is 14.2. The number of carbonyl (C=O) groups is 2. The summed E-state index contributed by atoms with van der Waals surface area (Å²) in [5.41, 5.74) is 0.467. The van der Waals surface area contributed by atoms with Crippen LogP contribution in [0.5, 0.6) is 5.75 Å². The van der Waals surface area contributed by atoms with Crippen LogP contribution >= 0.6 is 0 Å². The first-order chi connectivity index (χ1) is 14.4. The van der Waals surface area contributed by atoms with Crippen molar-refractivity contribution in [1.29, 1.82) is 0 Å². The first-order valence-corrected chi connectivity index (χ1v) is 9.27. The SMILES string of the molecule is C=C(/C=C\C=C/C)Cn1nc(C(=O)N[C@H]2COc3cccnc3N(C)C2=O)cc1F. The molecule has 3 heterocycles. The number of anilines is 1. The van der Waals surface area contributed by atoms with E-state index in [0.29, 0.717) is 17.1 Å². The predicted octanol–water partition coefficient (Wildman–Crippen LogP) is 2.26. The fraction of sp³-hybridized carbons (Fsp3) is 0.238. The molecule has 1 N–H and O–H groups in total. The molecule has 9 heteroatoms. The van der Waals surface area contributed by atoms with E-state index in [1.54, 1.807) is 37.5 Å². The van der Waals surface area contributed by atoms with Gasteiger partial charge in [-0.05, 0) is 24.6 Å². The molecule has 2 aromatic heterocycles. The number of halogens is 1. The largest absolute Gasteiger partial charge is 0.487 e. The number of hydrogen-bond donors (Lipinski definition) is 1. The summed E-state index contributed by atoms with van der Waals surface area (Å²) in [6.07, 6.45) is 8.72. The van der Waals surface area contributed by atoms with Gasteiger partial charge in [0.2, 0.25) is 5.95 Å². The molecule has 1 aliphatic rings. The number of ether oxygens (including phenoxy) is 1. The Hall–Kier alpha value is -3.75. The Morgan fingerprint density at radius 3 is 3.03 bits per heavy atom. The Labute approximate surface area is 173 Å². The molecule has 0 radical (unpaired) electrons. The van der Waals surface area contributed by atoms with E-state index in [4.69, 9.17) is 4.74 Å². The van der Waals surface area contributed by atoms with Gasteiger partial charge < -0.3 is 10.1 Å². The molecule has 3 rings (SSSR count). The van der Waals surface area contributed by atoms with Crippen molar-refractivity contribution < 1.29 is 18.7 Å². The van der Waals surface area contributed by atoms with Gasteiger partial charge in [-0.2, -0.15) is 9.49 Å². The number of nitrogens with one attached hydrogen (secondary N) is 1. The summed E-state index contributed by atoms with van der Waals surface area (Å²) < 4.78 is 20.9. The number of aromatic nitrogens is 3. The van der Waals surface area contributed by atoms with Crippen LogP contribution in [0.4, 0.5) is 10.2 Å². The first-order valence-electron chi connectivity index (χ1n) is 9.27. The summed E-state index contributed by atoms with van der Waals surface area (Å²) in [6.45, 7) is 5.72. The van der Waals surface area contributed by atoms with Crippen LogP contribution in [0, 0.1) is 5.95 Å². The third kappa shape index (κ3) is 4.62. The second-order valence-corrected chi connectivity index (χ2v) is 6.61. The molecule has 0 aliphatic carbocycles. The molecular weight excluding hydrogens is 389 g/mol. The van der Waals surface area contributed by atoms with Gasteiger partial charge in [-0.1, -0.05) is 30.9 Å². The Bertz CT molecular complexity index is 1030. The molecule has 156 valence electrons. The molecule has 0 spiro atoms. The Morgan fingerprint density at radius 1 is 1.47 bits per heavy atom. The van der Waals surface area contributed by atoms with Crippen molar-refractivity contribution >= 4 is 17.6 Å². The van der Waals surface area contributed by atoms with Crippen LogP contribution in [0.2, 0.25) is 0 Å². The normalized spacial score (nSPS) is 16.4. The number of carbonyl (C=O) groups excluding carboxylic acids is 2. The molecule has 0 unspecified atom stereocenters. The van der Waals surface area contributed by atoms with Crippen molar-refractivity contribution in [2.24, 2.45) is 0 Å². The molecule has 0 aromatic carbocycles. The van der Waals surface area contributed by atoms with Crippen molar-refractivity contribution in [2.45, 2.75) is 19.5 Å². The van der Waals surface area contributed by atoms with Crippen LogP contribution in [0.15, 0.2) is 60.9 Å². The van der Waals surface area contributed by atoms with Gasteiger partial charge in [-0.25, -0.2) is 9.67 Å². The third-order valence-corrected chi connectivity index (χ3v) is 4.36. The summed E-state index contributed by atoms with van der Waals surface area (Å²) in [7, 11) is 1.54. The van der Waals surface area contributed by atoms with Crippen molar-refractivity contribution in [3.8, 4) is 5.75 Å². The summed E-state index contributed by atoms with van der Waals surface area (Å²) in [6, 6.07) is 3.42. The molecule has 0 fully saturated rings. The van der Waals surface area contributed by atoms with Crippen LogP contribution in [0.1, 0.15) is 17.4 Å². The maximum Gasteiger partial charge on any atom is 0.272 e. The smallest absolute Gasteiger partial charge is 0.272 e. The monoisotopic (exact) mass is 411 g/mol. The third-order valence-electron chi connectivity index (χ3n) is 4.36. The number of amides is 2. The lowest BCUT2D eigenvalue weighted by Gasteiger charge is -2.19. The van der Waals surface area contributed by atoms with Gasteiger partial charge in [0.05, 0.1) is 6.54 Å². The van der Waals surface area contributed by atoms with Crippen molar-refractivity contribution in [3.63, 3.8) is 0 Å². The summed E-state index contributed by atoms with van der Waals surface area (Å²) in [5, 5.41) is 6.54. The average Bonchev–Trinajstić information content (AvgIpc) is 3.05. The van der Waals surface area contributed by atoms with E-state index in [1.165, 1.54) is 4.90 Å². The molecular formula is C21H22FN5O3. The van der Waals surface area contributed by atoms with Gasteiger partial charge in [-0.3, -0.25) is 14.5 Å². The summed E-state index contributed by atoms with van der Waals surface area (Å²) in [5.74, 6) is -0.970. The molecule has 0 saturated carbocycles. The van der Waals surface area contributed by atoms with Crippen LogP contribution in [-0.2, 0) is 11.3 Å². The standard InChI is InChI=1S/C21H22FN5O3/c1-4-5-6-8-14(2)12-27-18(22)11-15(25-27)20(28)24-16-13-30-17-9-7-10-23-19(17)26(3)21(16)29/h4-11,16H,2,12-13H2,1,3H3,(H,24,28)/b5-4-,8-6-/t16-/m0/s1. The van der Waals surface area contributed by atoms with Gasteiger partial charge in [0.15, 0.2) is 17.3 Å². The minimum Gasteiger partial charge on any atom is -0.487 e. The lowest BCUT2D eigenvalue weighted by molar-refractivity contribution is -0.120. The average molecular weight is 411 g/mol. The van der Waals surface area contributed by atoms with Gasteiger partial charge in [0.25, 0.3) is 11.8 Å². The lowest BCUT2D eigenvalue weighted by Crippen LogP contribution is -2.49. The number of pyridine rings is 1. The van der Waals surface area contributed by atoms with E-state index in [0.717, 1.165) is 10.7 Å². The van der Waals surface area contributed by atoms with Gasteiger partial charge in [0.1, 0.15) is 12.6 Å². The van der Waals surface area contributed by atoms with Gasteiger partial charge in [-0.15, -0.1) is 0 Å². The number of likely N-dealkylation sites (N-methyl/N-ethyl adjacent to an activating group) is 1. The highest BCUT2D eigenvalue weighted by Crippen LogP contribution is 2.27. The van der Waals surface area contributed by atoms with E-state index < -0.39 is 23.8 Å². The van der Waals surface area contributed by atoms with Gasteiger partial charge >= 0.3 is 0 Å². The molecule has 8 nitrogen and oxygen atoms in total. The zero-order chi connectivity index (χ0) is 21.7. The lowest BCUT2D eigenvalue weighted by atomic mass is 10.2. The zero-order valence-electron chi connectivity index (χ0n) is 16.7. The van der Waals surface area contributed by atoms with E-state index >= 15 is 0 Å². The van der Waals surface area contributed by atoms with Crippen LogP contribution < -0.4 is 15.0 Å². The number of rotatable bonds is 6. The topological polar surface area (TPSA) is 89.3 Å². The molecule has 0 bridgehead atoms. The highest BCUT2D eigenvalue weighted by molar-refractivity contribution is 6.02. The highest BCUT2D eigenvalue weighted by Gasteiger charge is 2.32. The fourth-order valence-corrected chi connectivity index (χ4v) is 2.83. The second-order valence-electron chi connectivity index (χ2n) is 6.61. The van der Waals surface area contributed by atoms with Crippen LogP contribution in [0.25, 0.3) is 0 Å². The van der Waals surface area contributed by atoms with E-state index in [-0.39, 0.29) is 18.8 Å². The highest BCUT2D eigenvalue weighted by atomic mass is 19.1. The minimum atomic E-state index is -0.969. The van der Waals surface area contributed by atoms with E-state index in [1.807, 2.05) is 19.1 Å². The molecule has 0 saturated heterocycles. The molecule has 30 heavy (non-hydrogen) atoms. The summed E-state index contributed by atoms with van der Waals surface area (Å²) >= 11 is 0. The van der Waals surface area contributed by atoms with Crippen molar-refractivity contribution in [1.82, 2.24) is 20.1 Å².